The fourth-order valence-corrected chi connectivity index (χ4v) is 2.16. The van der Waals surface area contributed by atoms with Crippen molar-refractivity contribution >= 4 is 27.5 Å². The third-order valence-corrected chi connectivity index (χ3v) is 3.48. The molecule has 0 spiro atoms. The monoisotopic (exact) mass is 350 g/mol. The van der Waals surface area contributed by atoms with Crippen LogP contribution in [0.3, 0.4) is 0 Å². The first kappa shape index (κ1) is 15.2. The molecule has 2 aromatic rings. The summed E-state index contributed by atoms with van der Waals surface area (Å²) in [5.74, 6) is -1.00. The molecular formula is C15H12BrFN2O2. The first-order chi connectivity index (χ1) is 9.99. The number of hydrazone groups is 1. The number of hydrogen-bond acceptors (Lipinski definition) is 3. The van der Waals surface area contributed by atoms with Gasteiger partial charge in [-0.3, -0.25) is 4.79 Å². The van der Waals surface area contributed by atoms with Crippen LogP contribution in [0.15, 0.2) is 52.0 Å². The van der Waals surface area contributed by atoms with Crippen LogP contribution >= 0.6 is 15.9 Å². The fourth-order valence-electron chi connectivity index (χ4n) is 1.70. The second-order valence-electron chi connectivity index (χ2n) is 4.28. The molecule has 4 nitrogen and oxygen atoms in total. The summed E-state index contributed by atoms with van der Waals surface area (Å²) in [7, 11) is 0. The predicted octanol–water partition coefficient (Wildman–Crippen LogP) is 3.45. The highest BCUT2D eigenvalue weighted by molar-refractivity contribution is 9.10. The van der Waals surface area contributed by atoms with Gasteiger partial charge in [-0.25, -0.2) is 9.82 Å². The predicted molar refractivity (Wildman–Crippen MR) is 81.9 cm³/mol. The highest BCUT2D eigenvalue weighted by Gasteiger charge is 2.10. The van der Waals surface area contributed by atoms with E-state index >= 15 is 0 Å². The van der Waals surface area contributed by atoms with Gasteiger partial charge in [-0.05, 0) is 53.2 Å². The number of phenolic OH excluding ortho intramolecular Hbond substituents is 1. The number of benzene rings is 2. The van der Waals surface area contributed by atoms with E-state index in [-0.39, 0.29) is 11.3 Å². The number of rotatable bonds is 3. The molecule has 2 N–H and O–H groups in total. The van der Waals surface area contributed by atoms with Crippen LogP contribution in [-0.4, -0.2) is 16.7 Å². The number of carbonyl (C=O) groups is 1. The van der Waals surface area contributed by atoms with E-state index in [1.165, 1.54) is 6.07 Å². The molecule has 2 aromatic carbocycles. The minimum atomic E-state index is -0.491. The fraction of sp³-hybridized carbons (Fsp3) is 0.0667. The first-order valence-corrected chi connectivity index (χ1v) is 6.86. The summed E-state index contributed by atoms with van der Waals surface area (Å²) in [6.07, 6.45) is 0. The molecule has 1 amide bonds. The van der Waals surface area contributed by atoms with Crippen LogP contribution in [0.2, 0.25) is 0 Å². The van der Waals surface area contributed by atoms with Crippen LogP contribution < -0.4 is 5.43 Å². The lowest BCUT2D eigenvalue weighted by Crippen LogP contribution is -2.19. The maximum absolute atomic E-state index is 13.2. The SMILES string of the molecule is C/C(=N\NC(=O)c1ccccc1Br)c1cc(F)ccc1O. The van der Waals surface area contributed by atoms with E-state index in [1.807, 2.05) is 0 Å². The number of phenols is 1. The smallest absolute Gasteiger partial charge is 0.272 e. The Hall–Kier alpha value is -2.21. The van der Waals surface area contributed by atoms with Crippen molar-refractivity contribution in [2.24, 2.45) is 5.10 Å². The molecule has 0 atom stereocenters. The van der Waals surface area contributed by atoms with Gasteiger partial charge in [-0.15, -0.1) is 0 Å². The third-order valence-electron chi connectivity index (χ3n) is 2.79. The van der Waals surface area contributed by atoms with E-state index in [2.05, 4.69) is 26.5 Å². The van der Waals surface area contributed by atoms with Crippen molar-refractivity contribution < 1.29 is 14.3 Å². The minimum absolute atomic E-state index is 0.104. The molecule has 0 bridgehead atoms. The summed E-state index contributed by atoms with van der Waals surface area (Å²) >= 11 is 3.27. The number of nitrogens with one attached hydrogen (secondary N) is 1. The molecule has 0 aliphatic rings. The summed E-state index contributed by atoms with van der Waals surface area (Å²) in [6, 6.07) is 10.4. The molecule has 0 fully saturated rings. The molecule has 0 aromatic heterocycles. The molecule has 2 rings (SSSR count). The lowest BCUT2D eigenvalue weighted by atomic mass is 10.1. The van der Waals surface area contributed by atoms with Crippen molar-refractivity contribution in [3.63, 3.8) is 0 Å². The molecular weight excluding hydrogens is 339 g/mol. The van der Waals surface area contributed by atoms with Crippen LogP contribution in [0, 0.1) is 5.82 Å². The molecule has 0 radical (unpaired) electrons. The van der Waals surface area contributed by atoms with Gasteiger partial charge >= 0.3 is 0 Å². The topological polar surface area (TPSA) is 61.7 Å². The van der Waals surface area contributed by atoms with Gasteiger partial charge < -0.3 is 5.11 Å². The molecule has 21 heavy (non-hydrogen) atoms. The molecule has 0 aliphatic carbocycles. The minimum Gasteiger partial charge on any atom is -0.507 e. The largest absolute Gasteiger partial charge is 0.507 e. The van der Waals surface area contributed by atoms with Crippen molar-refractivity contribution in [3.05, 3.63) is 63.9 Å². The van der Waals surface area contributed by atoms with Crippen molar-refractivity contribution in [1.29, 1.82) is 0 Å². The van der Waals surface area contributed by atoms with Gasteiger partial charge in [0.2, 0.25) is 0 Å². The van der Waals surface area contributed by atoms with Crippen molar-refractivity contribution in [2.75, 3.05) is 0 Å². The number of amides is 1. The van der Waals surface area contributed by atoms with E-state index < -0.39 is 11.7 Å². The lowest BCUT2D eigenvalue weighted by molar-refractivity contribution is 0.0954. The van der Waals surface area contributed by atoms with Crippen LogP contribution in [0.25, 0.3) is 0 Å². The Morgan fingerprint density at radius 2 is 1.95 bits per heavy atom. The Labute approximate surface area is 129 Å². The zero-order valence-corrected chi connectivity index (χ0v) is 12.7. The highest BCUT2D eigenvalue weighted by Crippen LogP contribution is 2.19. The standard InChI is InChI=1S/C15H12BrFN2O2/c1-9(12-8-10(17)6-7-14(12)20)18-19-15(21)11-4-2-3-5-13(11)16/h2-8,20H,1H3,(H,19,21)/b18-9+. The Balaban J connectivity index is 2.19. The van der Waals surface area contributed by atoms with Crippen molar-refractivity contribution in [1.82, 2.24) is 5.43 Å². The molecule has 6 heteroatoms. The third kappa shape index (κ3) is 3.66. The van der Waals surface area contributed by atoms with Gasteiger partial charge in [0, 0.05) is 10.0 Å². The van der Waals surface area contributed by atoms with Gasteiger partial charge in [-0.1, -0.05) is 12.1 Å². The van der Waals surface area contributed by atoms with Gasteiger partial charge in [0.25, 0.3) is 5.91 Å². The van der Waals surface area contributed by atoms with E-state index in [4.69, 9.17) is 0 Å². The van der Waals surface area contributed by atoms with Gasteiger partial charge in [0.1, 0.15) is 11.6 Å². The maximum Gasteiger partial charge on any atom is 0.272 e. The van der Waals surface area contributed by atoms with Crippen LogP contribution in [0.4, 0.5) is 4.39 Å². The van der Waals surface area contributed by atoms with Crippen LogP contribution in [-0.2, 0) is 0 Å². The molecule has 0 saturated heterocycles. The maximum atomic E-state index is 13.2. The van der Waals surface area contributed by atoms with E-state index in [0.717, 1.165) is 12.1 Å². The lowest BCUT2D eigenvalue weighted by Gasteiger charge is -2.06. The average Bonchev–Trinajstić information content (AvgIpc) is 2.47. The van der Waals surface area contributed by atoms with Gasteiger partial charge in [0.15, 0.2) is 0 Å². The molecule has 0 unspecified atom stereocenters. The Morgan fingerprint density at radius 1 is 1.24 bits per heavy atom. The van der Waals surface area contributed by atoms with E-state index in [0.29, 0.717) is 15.7 Å². The van der Waals surface area contributed by atoms with E-state index in [1.54, 1.807) is 31.2 Å². The van der Waals surface area contributed by atoms with Crippen LogP contribution in [0.5, 0.6) is 5.75 Å². The normalized spacial score (nSPS) is 11.3. The zero-order chi connectivity index (χ0) is 15.4. The second kappa shape index (κ2) is 6.49. The summed E-state index contributed by atoms with van der Waals surface area (Å²) in [5, 5.41) is 13.5. The van der Waals surface area contributed by atoms with Gasteiger partial charge in [-0.2, -0.15) is 5.10 Å². The molecule has 0 saturated carbocycles. The van der Waals surface area contributed by atoms with Crippen molar-refractivity contribution in [3.8, 4) is 5.75 Å². The number of halogens is 2. The van der Waals surface area contributed by atoms with Gasteiger partial charge in [0.05, 0.1) is 11.3 Å². The summed E-state index contributed by atoms with van der Waals surface area (Å²) in [6.45, 7) is 1.56. The quantitative estimate of drug-likeness (QED) is 0.657. The first-order valence-electron chi connectivity index (χ1n) is 6.07. The summed E-state index contributed by atoms with van der Waals surface area (Å²) in [4.78, 5) is 12.0. The number of nitrogens with zero attached hydrogens (tertiary/aromatic N) is 1. The van der Waals surface area contributed by atoms with E-state index in [9.17, 15) is 14.3 Å². The molecule has 0 aliphatic heterocycles. The number of carbonyl (C=O) groups excluding carboxylic acids is 1. The Bertz CT molecular complexity index is 717. The van der Waals surface area contributed by atoms with Crippen molar-refractivity contribution in [2.45, 2.75) is 6.92 Å². The average molecular weight is 351 g/mol. The second-order valence-corrected chi connectivity index (χ2v) is 5.13. The molecule has 0 heterocycles. The number of hydrogen-bond donors (Lipinski definition) is 2. The molecule has 108 valence electrons. The highest BCUT2D eigenvalue weighted by atomic mass is 79.9. The summed E-state index contributed by atoms with van der Waals surface area (Å²) in [5.41, 5.74) is 3.32. The Kier molecular flexibility index (Phi) is 4.70. The zero-order valence-electron chi connectivity index (χ0n) is 11.1. The Morgan fingerprint density at radius 3 is 2.67 bits per heavy atom. The van der Waals surface area contributed by atoms with Crippen LogP contribution in [0.1, 0.15) is 22.8 Å². The number of aromatic hydroxyl groups is 1. The summed E-state index contributed by atoms with van der Waals surface area (Å²) < 4.78 is 13.8.